The topological polar surface area (TPSA) is 50.9 Å². The van der Waals surface area contributed by atoms with Crippen LogP contribution in [0.25, 0.3) is 0 Å². The van der Waals surface area contributed by atoms with Gasteiger partial charge >= 0.3 is 0 Å². The molecule has 1 aromatic heterocycles. The molecule has 0 aromatic carbocycles. The van der Waals surface area contributed by atoms with E-state index in [-0.39, 0.29) is 6.04 Å². The van der Waals surface area contributed by atoms with Gasteiger partial charge in [0.2, 0.25) is 0 Å². The van der Waals surface area contributed by atoms with E-state index in [4.69, 9.17) is 5.84 Å². The van der Waals surface area contributed by atoms with Gasteiger partial charge in [-0.15, -0.1) is 0 Å². The minimum Gasteiger partial charge on any atom is -0.271 e. The summed E-state index contributed by atoms with van der Waals surface area (Å²) in [5.41, 5.74) is 4.09. The maximum absolute atomic E-state index is 5.62. The summed E-state index contributed by atoms with van der Waals surface area (Å²) in [5, 5.41) is 0. The van der Waals surface area contributed by atoms with Gasteiger partial charge < -0.3 is 0 Å². The van der Waals surface area contributed by atoms with E-state index < -0.39 is 0 Å². The fourth-order valence-electron chi connectivity index (χ4n) is 2.41. The summed E-state index contributed by atoms with van der Waals surface area (Å²) >= 11 is 0. The Bertz CT molecular complexity index is 300. The van der Waals surface area contributed by atoms with E-state index in [1.807, 2.05) is 12.3 Å². The van der Waals surface area contributed by atoms with Crippen molar-refractivity contribution in [2.24, 2.45) is 5.84 Å². The SMILES string of the molecule is CCCCCCCCCCC(NN)c1cccnc1. The van der Waals surface area contributed by atoms with Gasteiger partial charge in [-0.05, 0) is 18.1 Å². The van der Waals surface area contributed by atoms with Crippen molar-refractivity contribution in [3.05, 3.63) is 30.1 Å². The summed E-state index contributed by atoms with van der Waals surface area (Å²) in [7, 11) is 0. The highest BCUT2D eigenvalue weighted by Crippen LogP contribution is 2.18. The van der Waals surface area contributed by atoms with E-state index in [1.165, 1.54) is 56.9 Å². The first-order chi connectivity index (χ1) is 9.38. The molecule has 0 amide bonds. The van der Waals surface area contributed by atoms with Crippen molar-refractivity contribution in [2.75, 3.05) is 0 Å². The third kappa shape index (κ3) is 7.28. The first kappa shape index (κ1) is 16.1. The van der Waals surface area contributed by atoms with Gasteiger partial charge in [-0.2, -0.15) is 0 Å². The first-order valence-electron chi connectivity index (χ1n) is 7.74. The van der Waals surface area contributed by atoms with Crippen molar-refractivity contribution < 1.29 is 0 Å². The van der Waals surface area contributed by atoms with Crippen molar-refractivity contribution >= 4 is 0 Å². The van der Waals surface area contributed by atoms with Crippen molar-refractivity contribution in [3.63, 3.8) is 0 Å². The van der Waals surface area contributed by atoms with Crippen LogP contribution in [-0.4, -0.2) is 4.98 Å². The zero-order valence-corrected chi connectivity index (χ0v) is 12.3. The van der Waals surface area contributed by atoms with Crippen LogP contribution in [-0.2, 0) is 0 Å². The Morgan fingerprint density at radius 3 is 2.37 bits per heavy atom. The standard InChI is InChI=1S/C16H29N3/c1-2-3-4-5-6-7-8-9-12-16(19-17)15-11-10-13-18-14-15/h10-11,13-14,16,19H,2-9,12,17H2,1H3. The summed E-state index contributed by atoms with van der Waals surface area (Å²) in [4.78, 5) is 4.14. The van der Waals surface area contributed by atoms with Crippen molar-refractivity contribution in [2.45, 2.75) is 70.8 Å². The lowest BCUT2D eigenvalue weighted by molar-refractivity contribution is 0.474. The predicted molar refractivity (Wildman–Crippen MR) is 81.5 cm³/mol. The lowest BCUT2D eigenvalue weighted by Crippen LogP contribution is -2.28. The summed E-state index contributed by atoms with van der Waals surface area (Å²) in [6.07, 6.45) is 15.6. The molecule has 0 fully saturated rings. The second-order valence-corrected chi connectivity index (χ2v) is 5.27. The van der Waals surface area contributed by atoms with Crippen molar-refractivity contribution in [1.29, 1.82) is 0 Å². The van der Waals surface area contributed by atoms with Crippen LogP contribution in [0.4, 0.5) is 0 Å². The fraction of sp³-hybridized carbons (Fsp3) is 0.688. The Hall–Kier alpha value is -0.930. The monoisotopic (exact) mass is 263 g/mol. The van der Waals surface area contributed by atoms with Crippen LogP contribution in [0.3, 0.4) is 0 Å². The van der Waals surface area contributed by atoms with Gasteiger partial charge in [0, 0.05) is 18.4 Å². The molecule has 0 aliphatic carbocycles. The van der Waals surface area contributed by atoms with Crippen LogP contribution in [0, 0.1) is 0 Å². The smallest absolute Gasteiger partial charge is 0.0475 e. The van der Waals surface area contributed by atoms with Crippen molar-refractivity contribution in [1.82, 2.24) is 10.4 Å². The second kappa shape index (κ2) is 10.9. The largest absolute Gasteiger partial charge is 0.271 e. The zero-order valence-electron chi connectivity index (χ0n) is 12.3. The summed E-state index contributed by atoms with van der Waals surface area (Å²) in [6, 6.07) is 4.30. The molecule has 3 heteroatoms. The average Bonchev–Trinajstić information content (AvgIpc) is 2.47. The van der Waals surface area contributed by atoms with E-state index >= 15 is 0 Å². The highest BCUT2D eigenvalue weighted by atomic mass is 15.2. The molecule has 3 N–H and O–H groups in total. The maximum Gasteiger partial charge on any atom is 0.0475 e. The average molecular weight is 263 g/mol. The van der Waals surface area contributed by atoms with Crippen LogP contribution in [0.15, 0.2) is 24.5 Å². The van der Waals surface area contributed by atoms with Gasteiger partial charge in [0.25, 0.3) is 0 Å². The molecule has 3 nitrogen and oxygen atoms in total. The number of pyridine rings is 1. The number of unbranched alkanes of at least 4 members (excludes halogenated alkanes) is 7. The lowest BCUT2D eigenvalue weighted by atomic mass is 10.0. The maximum atomic E-state index is 5.62. The van der Waals surface area contributed by atoms with Crippen LogP contribution < -0.4 is 11.3 Å². The molecule has 1 aromatic rings. The molecule has 1 rings (SSSR count). The highest BCUT2D eigenvalue weighted by molar-refractivity contribution is 5.13. The molecule has 1 atom stereocenters. The summed E-state index contributed by atoms with van der Waals surface area (Å²) in [5.74, 6) is 5.62. The molecule has 0 aliphatic rings. The van der Waals surface area contributed by atoms with E-state index in [2.05, 4.69) is 23.4 Å². The molecule has 0 bridgehead atoms. The molecular weight excluding hydrogens is 234 g/mol. The number of nitrogens with two attached hydrogens (primary N) is 1. The zero-order chi connectivity index (χ0) is 13.8. The van der Waals surface area contributed by atoms with Gasteiger partial charge in [-0.1, -0.05) is 64.4 Å². The molecule has 1 unspecified atom stereocenters. The highest BCUT2D eigenvalue weighted by Gasteiger charge is 2.08. The summed E-state index contributed by atoms with van der Waals surface area (Å²) in [6.45, 7) is 2.26. The van der Waals surface area contributed by atoms with Gasteiger partial charge in [0.05, 0.1) is 0 Å². The third-order valence-electron chi connectivity index (χ3n) is 3.63. The Labute approximate surface area is 118 Å². The minimum absolute atomic E-state index is 0.244. The molecule has 19 heavy (non-hydrogen) atoms. The van der Waals surface area contributed by atoms with Gasteiger partial charge in [0.1, 0.15) is 0 Å². The molecule has 0 saturated heterocycles. The number of nitrogens with one attached hydrogen (secondary N) is 1. The Balaban J connectivity index is 2.07. The number of nitrogens with zero attached hydrogens (tertiary/aromatic N) is 1. The third-order valence-corrected chi connectivity index (χ3v) is 3.63. The van der Waals surface area contributed by atoms with Crippen LogP contribution in [0.2, 0.25) is 0 Å². The van der Waals surface area contributed by atoms with Gasteiger partial charge in [-0.25, -0.2) is 0 Å². The van der Waals surface area contributed by atoms with Gasteiger partial charge in [0.15, 0.2) is 0 Å². The molecular formula is C16H29N3. The van der Waals surface area contributed by atoms with E-state index in [0.29, 0.717) is 0 Å². The second-order valence-electron chi connectivity index (χ2n) is 5.27. The van der Waals surface area contributed by atoms with Crippen LogP contribution >= 0.6 is 0 Å². The molecule has 0 spiro atoms. The van der Waals surface area contributed by atoms with E-state index in [9.17, 15) is 0 Å². The fourth-order valence-corrected chi connectivity index (χ4v) is 2.41. The van der Waals surface area contributed by atoms with E-state index in [0.717, 1.165) is 6.42 Å². The number of aromatic nitrogens is 1. The normalized spacial score (nSPS) is 12.5. The number of hydrazine groups is 1. The number of hydrogen-bond acceptors (Lipinski definition) is 3. The predicted octanol–water partition coefficient (Wildman–Crippen LogP) is 4.12. The quantitative estimate of drug-likeness (QED) is 0.359. The van der Waals surface area contributed by atoms with Crippen LogP contribution in [0.1, 0.15) is 76.3 Å². The number of rotatable bonds is 11. The Kier molecular flexibility index (Phi) is 9.29. The molecule has 108 valence electrons. The molecule has 1 heterocycles. The first-order valence-corrected chi connectivity index (χ1v) is 7.74. The Morgan fingerprint density at radius 1 is 1.11 bits per heavy atom. The van der Waals surface area contributed by atoms with Crippen molar-refractivity contribution in [3.8, 4) is 0 Å². The van der Waals surface area contributed by atoms with E-state index in [1.54, 1.807) is 6.20 Å². The Morgan fingerprint density at radius 2 is 1.79 bits per heavy atom. The molecule has 0 aliphatic heterocycles. The number of hydrogen-bond donors (Lipinski definition) is 2. The van der Waals surface area contributed by atoms with Crippen LogP contribution in [0.5, 0.6) is 0 Å². The summed E-state index contributed by atoms with van der Waals surface area (Å²) < 4.78 is 0. The van der Waals surface area contributed by atoms with Gasteiger partial charge in [-0.3, -0.25) is 16.3 Å². The lowest BCUT2D eigenvalue weighted by Gasteiger charge is -2.15. The molecule has 0 saturated carbocycles. The minimum atomic E-state index is 0.244. The molecule has 0 radical (unpaired) electrons.